The first-order valence-corrected chi connectivity index (χ1v) is 18.0. The van der Waals surface area contributed by atoms with Crippen LogP contribution in [0.5, 0.6) is 11.5 Å². The maximum absolute atomic E-state index is 12.5. The summed E-state index contributed by atoms with van der Waals surface area (Å²) in [4.78, 5) is 45.6. The summed E-state index contributed by atoms with van der Waals surface area (Å²) in [5.74, 6) is 1.77. The topological polar surface area (TPSA) is 136 Å². The first-order valence-electron chi connectivity index (χ1n) is 18.0. The molecular weight excluding hydrogens is 660 g/mol. The van der Waals surface area contributed by atoms with Gasteiger partial charge in [0.25, 0.3) is 0 Å². The van der Waals surface area contributed by atoms with Gasteiger partial charge in [-0.25, -0.2) is 19.2 Å². The second-order valence-electron chi connectivity index (χ2n) is 14.9. The van der Waals surface area contributed by atoms with Crippen LogP contribution in [0.15, 0.2) is 72.8 Å². The highest BCUT2D eigenvalue weighted by atomic mass is 16.5. The molecule has 4 rings (SSSR count). The molecule has 6 unspecified atom stereocenters. The van der Waals surface area contributed by atoms with Gasteiger partial charge in [-0.3, -0.25) is 0 Å². The van der Waals surface area contributed by atoms with Gasteiger partial charge in [0.1, 0.15) is 17.6 Å². The van der Waals surface area contributed by atoms with Gasteiger partial charge in [-0.15, -0.1) is 0 Å². The number of rotatable bonds is 9. The average Bonchev–Trinajstić information content (AvgIpc) is 3.05. The van der Waals surface area contributed by atoms with Gasteiger partial charge in [-0.05, 0) is 124 Å². The van der Waals surface area contributed by atoms with E-state index in [2.05, 4.69) is 54.7 Å². The standard InChI is InChI=1S/C21H28O4.C11H10O4.C10H20O.CH4/c1-13(2)18-11-6-15(5)12-19(18)25-21(23)16-7-9-17(10-8-16)24-20(22)14(3)4;1-7(2)11(14)15-9-5-3-8(4-6-9)10(12)13;1-7(2)9-5-4-8(3)6-10(9)11;/h7-10,13,15,18-19H,3,6,11-12H2,1-2,4-5H3;3-6H,1H2,2H3,(H,12,13);7-11H,4-6H2,1-3H3;1H4. The van der Waals surface area contributed by atoms with Gasteiger partial charge < -0.3 is 24.4 Å². The third-order valence-electron chi connectivity index (χ3n) is 9.52. The highest BCUT2D eigenvalue weighted by molar-refractivity contribution is 5.91. The molecule has 52 heavy (non-hydrogen) atoms. The van der Waals surface area contributed by atoms with Gasteiger partial charge in [0, 0.05) is 11.1 Å². The minimum atomic E-state index is -1.02. The number of carbonyl (C=O) groups is 4. The van der Waals surface area contributed by atoms with E-state index in [1.807, 2.05) is 0 Å². The summed E-state index contributed by atoms with van der Waals surface area (Å²) >= 11 is 0. The van der Waals surface area contributed by atoms with Crippen LogP contribution in [0.25, 0.3) is 0 Å². The molecule has 0 bridgehead atoms. The molecule has 0 spiro atoms. The van der Waals surface area contributed by atoms with Gasteiger partial charge in [0.15, 0.2) is 0 Å². The molecular formula is C43H62O9. The number of carbonyl (C=O) groups excluding carboxylic acids is 3. The van der Waals surface area contributed by atoms with E-state index in [0.29, 0.717) is 52.2 Å². The molecule has 2 aromatic carbocycles. The van der Waals surface area contributed by atoms with Crippen molar-refractivity contribution < 1.29 is 43.6 Å². The highest BCUT2D eigenvalue weighted by Crippen LogP contribution is 2.36. The molecule has 2 aliphatic carbocycles. The number of benzene rings is 2. The van der Waals surface area contributed by atoms with Crippen molar-refractivity contribution in [2.45, 2.75) is 114 Å². The Bertz CT molecular complexity index is 1470. The summed E-state index contributed by atoms with van der Waals surface area (Å²) in [5.41, 5.74) is 1.23. The predicted octanol–water partition coefficient (Wildman–Crippen LogP) is 9.73. The van der Waals surface area contributed by atoms with Crippen molar-refractivity contribution in [1.29, 1.82) is 0 Å². The molecule has 2 saturated carbocycles. The monoisotopic (exact) mass is 722 g/mol. The first-order chi connectivity index (χ1) is 23.9. The number of esters is 3. The molecule has 288 valence electrons. The van der Waals surface area contributed by atoms with E-state index < -0.39 is 17.9 Å². The quantitative estimate of drug-likeness (QED) is 0.147. The largest absolute Gasteiger partial charge is 0.478 e. The van der Waals surface area contributed by atoms with Crippen LogP contribution in [0.2, 0.25) is 0 Å². The van der Waals surface area contributed by atoms with Crippen LogP contribution in [0, 0.1) is 35.5 Å². The fraction of sp³-hybridized carbons (Fsp3) is 0.535. The summed E-state index contributed by atoms with van der Waals surface area (Å²) in [6, 6.07) is 12.0. The third kappa shape index (κ3) is 15.2. The number of hydrogen-bond acceptors (Lipinski definition) is 8. The molecule has 2 aliphatic rings. The molecule has 0 aromatic heterocycles. The zero-order chi connectivity index (χ0) is 38.4. The predicted molar refractivity (Wildman–Crippen MR) is 205 cm³/mol. The van der Waals surface area contributed by atoms with Crippen LogP contribution in [0.1, 0.15) is 122 Å². The fourth-order valence-electron chi connectivity index (χ4n) is 6.32. The summed E-state index contributed by atoms with van der Waals surface area (Å²) in [6.07, 6.45) is 6.70. The minimum Gasteiger partial charge on any atom is -0.478 e. The van der Waals surface area contributed by atoms with Crippen LogP contribution >= 0.6 is 0 Å². The van der Waals surface area contributed by atoms with Crippen molar-refractivity contribution in [2.75, 3.05) is 0 Å². The molecule has 2 fully saturated rings. The third-order valence-corrected chi connectivity index (χ3v) is 9.52. The van der Waals surface area contributed by atoms with Gasteiger partial charge in [0.05, 0.1) is 17.2 Å². The Morgan fingerprint density at radius 1 is 0.673 bits per heavy atom. The second kappa shape index (κ2) is 22.0. The fourth-order valence-corrected chi connectivity index (χ4v) is 6.32. The van der Waals surface area contributed by atoms with E-state index in [1.165, 1.54) is 50.5 Å². The van der Waals surface area contributed by atoms with E-state index in [4.69, 9.17) is 19.3 Å². The summed E-state index contributed by atoms with van der Waals surface area (Å²) < 4.78 is 15.8. The lowest BCUT2D eigenvalue weighted by molar-refractivity contribution is -0.130. The van der Waals surface area contributed by atoms with Gasteiger partial charge >= 0.3 is 23.9 Å². The molecule has 9 nitrogen and oxygen atoms in total. The Labute approximate surface area is 311 Å². The second-order valence-corrected chi connectivity index (χ2v) is 14.9. The zero-order valence-electron chi connectivity index (χ0n) is 31.6. The molecule has 2 aromatic rings. The average molecular weight is 723 g/mol. The molecule has 0 heterocycles. The Morgan fingerprint density at radius 3 is 1.46 bits per heavy atom. The van der Waals surface area contributed by atoms with Crippen LogP contribution in [0.3, 0.4) is 0 Å². The number of carboxylic acids is 1. The van der Waals surface area contributed by atoms with Gasteiger partial charge in [-0.2, -0.15) is 0 Å². The van der Waals surface area contributed by atoms with Crippen LogP contribution in [-0.2, 0) is 14.3 Å². The lowest BCUT2D eigenvalue weighted by Crippen LogP contribution is -2.35. The summed E-state index contributed by atoms with van der Waals surface area (Å²) in [7, 11) is 0. The Balaban J connectivity index is 0.000000426. The SMILES string of the molecule is C.C=C(C)C(=O)Oc1ccc(C(=O)O)cc1.C=C(C)C(=O)Oc1ccc(C(=O)OC2CC(C)CCC2C(C)C)cc1.CC1CCC(C(C)C)C(O)C1. The van der Waals surface area contributed by atoms with Crippen molar-refractivity contribution in [3.8, 4) is 11.5 Å². The van der Waals surface area contributed by atoms with E-state index in [-0.39, 0.29) is 36.7 Å². The minimum absolute atomic E-state index is 0. The van der Waals surface area contributed by atoms with Gasteiger partial charge in [0.2, 0.25) is 0 Å². The van der Waals surface area contributed by atoms with Crippen molar-refractivity contribution in [2.24, 2.45) is 35.5 Å². The zero-order valence-corrected chi connectivity index (χ0v) is 31.6. The number of aliphatic hydroxyl groups excluding tert-OH is 1. The van der Waals surface area contributed by atoms with Crippen LogP contribution in [-0.4, -0.2) is 46.3 Å². The lowest BCUT2D eigenvalue weighted by Gasteiger charge is -2.36. The number of carboxylic acid groups (broad SMARTS) is 1. The molecule has 9 heteroatoms. The van der Waals surface area contributed by atoms with Crippen LogP contribution in [0.4, 0.5) is 0 Å². The van der Waals surface area contributed by atoms with E-state index in [1.54, 1.807) is 31.2 Å². The van der Waals surface area contributed by atoms with E-state index in [0.717, 1.165) is 25.2 Å². The smallest absolute Gasteiger partial charge is 0.338 e. The van der Waals surface area contributed by atoms with Gasteiger partial charge in [-0.1, -0.05) is 75.0 Å². The van der Waals surface area contributed by atoms with Crippen molar-refractivity contribution >= 4 is 23.9 Å². The molecule has 2 N–H and O–H groups in total. The highest BCUT2D eigenvalue weighted by Gasteiger charge is 2.33. The Kier molecular flexibility index (Phi) is 19.3. The van der Waals surface area contributed by atoms with E-state index >= 15 is 0 Å². The van der Waals surface area contributed by atoms with Crippen molar-refractivity contribution in [3.63, 3.8) is 0 Å². The molecule has 0 amide bonds. The van der Waals surface area contributed by atoms with Crippen LogP contribution < -0.4 is 9.47 Å². The summed E-state index contributed by atoms with van der Waals surface area (Å²) in [5, 5.41) is 18.3. The molecule has 0 radical (unpaired) electrons. The summed E-state index contributed by atoms with van der Waals surface area (Å²) in [6.45, 7) is 23.3. The molecule has 0 aliphatic heterocycles. The van der Waals surface area contributed by atoms with Crippen molar-refractivity contribution in [3.05, 3.63) is 84.0 Å². The maximum Gasteiger partial charge on any atom is 0.338 e. The lowest BCUT2D eigenvalue weighted by atomic mass is 9.75. The Morgan fingerprint density at radius 2 is 1.08 bits per heavy atom. The first kappa shape index (κ1) is 45.8. The normalized spacial score (nSPS) is 22.2. The molecule has 6 atom stereocenters. The number of ether oxygens (including phenoxy) is 3. The maximum atomic E-state index is 12.5. The number of aliphatic hydroxyl groups is 1. The Hall–Kier alpha value is -4.24. The van der Waals surface area contributed by atoms with E-state index in [9.17, 15) is 24.3 Å². The number of aromatic carboxylic acids is 1. The molecule has 0 saturated heterocycles. The number of hydrogen-bond donors (Lipinski definition) is 2. The van der Waals surface area contributed by atoms with Crippen molar-refractivity contribution in [1.82, 2.24) is 0 Å².